The van der Waals surface area contributed by atoms with Gasteiger partial charge in [-0.25, -0.2) is 0 Å². The van der Waals surface area contributed by atoms with E-state index in [0.29, 0.717) is 6.17 Å². The summed E-state index contributed by atoms with van der Waals surface area (Å²) < 4.78 is 0. The van der Waals surface area contributed by atoms with Gasteiger partial charge in [0.1, 0.15) is 6.17 Å². The van der Waals surface area contributed by atoms with Gasteiger partial charge >= 0.3 is 0 Å². The third-order valence-electron chi connectivity index (χ3n) is 9.57. The zero-order valence-electron chi connectivity index (χ0n) is 29.0. The van der Waals surface area contributed by atoms with E-state index in [1.165, 1.54) is 212 Å². The molecule has 1 heterocycles. The van der Waals surface area contributed by atoms with Crippen LogP contribution in [-0.4, -0.2) is 29.1 Å². The average Bonchev–Trinajstić information content (AvgIpc) is 3.37. The quantitative estimate of drug-likeness (QED) is 0.0719. The normalized spacial score (nSPS) is 15.0. The molecule has 0 spiro atoms. The highest BCUT2D eigenvalue weighted by atomic mass is 15.4. The molecule has 2 heteroatoms. The fourth-order valence-electron chi connectivity index (χ4n) is 6.72. The van der Waals surface area contributed by atoms with Crippen LogP contribution in [0.25, 0.3) is 0 Å². The zero-order valence-corrected chi connectivity index (χ0v) is 29.0. The molecule has 0 saturated heterocycles. The Morgan fingerprint density at radius 3 is 0.854 bits per heavy atom. The molecule has 244 valence electrons. The number of rotatable bonds is 33. The summed E-state index contributed by atoms with van der Waals surface area (Å²) in [6, 6.07) is 0. The van der Waals surface area contributed by atoms with Gasteiger partial charge in [0.2, 0.25) is 0 Å². The van der Waals surface area contributed by atoms with Gasteiger partial charge in [-0.15, -0.1) is 0 Å². The lowest BCUT2D eigenvalue weighted by atomic mass is 10.0. The second kappa shape index (κ2) is 30.8. The topological polar surface area (TPSA) is 6.48 Å². The standard InChI is InChI=1S/C39H78N2/c1-4-7-10-13-16-18-19-20-21-22-24-27-30-33-36-41-38-37-40(35-32-29-26-15-12-9-6-3)39(41)34-31-28-25-23-17-14-11-8-5-2/h37-39H,4-36H2,1-3H3. The van der Waals surface area contributed by atoms with E-state index in [-0.39, 0.29) is 0 Å². The first-order valence-electron chi connectivity index (χ1n) is 19.5. The number of hydrogen-bond acceptors (Lipinski definition) is 2. The lowest BCUT2D eigenvalue weighted by Gasteiger charge is -2.33. The average molecular weight is 575 g/mol. The first-order valence-corrected chi connectivity index (χ1v) is 19.5. The van der Waals surface area contributed by atoms with Crippen molar-refractivity contribution in [3.8, 4) is 0 Å². The maximum atomic E-state index is 2.71. The van der Waals surface area contributed by atoms with Gasteiger partial charge in [0.15, 0.2) is 0 Å². The molecule has 1 atom stereocenters. The van der Waals surface area contributed by atoms with E-state index in [1.54, 1.807) is 0 Å². The van der Waals surface area contributed by atoms with E-state index in [1.807, 2.05) is 0 Å². The molecule has 0 aromatic heterocycles. The Morgan fingerprint density at radius 2 is 0.561 bits per heavy atom. The van der Waals surface area contributed by atoms with Crippen molar-refractivity contribution in [3.63, 3.8) is 0 Å². The summed E-state index contributed by atoms with van der Waals surface area (Å²) in [5.41, 5.74) is 0. The molecule has 0 bridgehead atoms. The highest BCUT2D eigenvalue weighted by Gasteiger charge is 2.24. The van der Waals surface area contributed by atoms with Crippen LogP contribution in [0.1, 0.15) is 220 Å². The third kappa shape index (κ3) is 23.5. The van der Waals surface area contributed by atoms with E-state index < -0.39 is 0 Å². The van der Waals surface area contributed by atoms with Crippen molar-refractivity contribution < 1.29 is 0 Å². The molecule has 0 radical (unpaired) electrons. The van der Waals surface area contributed by atoms with Gasteiger partial charge in [-0.3, -0.25) is 0 Å². The second-order valence-corrected chi connectivity index (χ2v) is 13.6. The molecule has 1 unspecified atom stereocenters. The maximum absolute atomic E-state index is 2.71. The lowest BCUT2D eigenvalue weighted by molar-refractivity contribution is 0.135. The Hall–Kier alpha value is -0.660. The molecule has 0 aromatic rings. The van der Waals surface area contributed by atoms with Crippen molar-refractivity contribution in [1.29, 1.82) is 0 Å². The lowest BCUT2D eigenvalue weighted by Crippen LogP contribution is -2.39. The van der Waals surface area contributed by atoms with Gasteiger partial charge in [0.25, 0.3) is 0 Å². The SMILES string of the molecule is CCCCCCCCCCCCCCCCN1C=CN(CCCCCCCCC)C1CCCCCCCCCCC. The molecule has 1 rings (SSSR count). The number of hydrogen-bond donors (Lipinski definition) is 0. The fraction of sp³-hybridized carbons (Fsp3) is 0.949. The monoisotopic (exact) mass is 575 g/mol. The number of nitrogens with zero attached hydrogens (tertiary/aromatic N) is 2. The highest BCUT2D eigenvalue weighted by Crippen LogP contribution is 2.24. The van der Waals surface area contributed by atoms with Crippen molar-refractivity contribution in [2.45, 2.75) is 226 Å². The van der Waals surface area contributed by atoms with E-state index in [0.717, 1.165) is 0 Å². The summed E-state index contributed by atoms with van der Waals surface area (Å²) in [5.74, 6) is 0. The molecule has 2 nitrogen and oxygen atoms in total. The van der Waals surface area contributed by atoms with Crippen molar-refractivity contribution in [2.24, 2.45) is 0 Å². The Labute approximate surface area is 260 Å². The van der Waals surface area contributed by atoms with Crippen LogP contribution in [0.5, 0.6) is 0 Å². The molecule has 1 aliphatic rings. The second-order valence-electron chi connectivity index (χ2n) is 13.6. The highest BCUT2D eigenvalue weighted by molar-refractivity contribution is 4.97. The first kappa shape index (κ1) is 38.4. The van der Waals surface area contributed by atoms with E-state index in [9.17, 15) is 0 Å². The largest absolute Gasteiger partial charge is 0.356 e. The summed E-state index contributed by atoms with van der Waals surface area (Å²) in [7, 11) is 0. The summed E-state index contributed by atoms with van der Waals surface area (Å²) in [5, 5.41) is 0. The van der Waals surface area contributed by atoms with Gasteiger partial charge in [0, 0.05) is 25.5 Å². The van der Waals surface area contributed by atoms with Gasteiger partial charge in [-0.2, -0.15) is 0 Å². The Morgan fingerprint density at radius 1 is 0.317 bits per heavy atom. The minimum atomic E-state index is 0.640. The van der Waals surface area contributed by atoms with Crippen molar-refractivity contribution in [1.82, 2.24) is 9.80 Å². The zero-order chi connectivity index (χ0) is 29.5. The Kier molecular flexibility index (Phi) is 28.8. The van der Waals surface area contributed by atoms with Crippen LogP contribution < -0.4 is 0 Å². The molecule has 0 N–H and O–H groups in total. The van der Waals surface area contributed by atoms with Crippen molar-refractivity contribution >= 4 is 0 Å². The molecule has 0 amide bonds. The first-order chi connectivity index (χ1) is 20.3. The smallest absolute Gasteiger partial charge is 0.101 e. The molecule has 41 heavy (non-hydrogen) atoms. The Bertz CT molecular complexity index is 530. The summed E-state index contributed by atoms with van der Waals surface area (Å²) in [6.45, 7) is 9.48. The minimum absolute atomic E-state index is 0.640. The molecule has 0 saturated carbocycles. The van der Waals surface area contributed by atoms with E-state index in [4.69, 9.17) is 0 Å². The van der Waals surface area contributed by atoms with E-state index in [2.05, 4.69) is 43.0 Å². The maximum Gasteiger partial charge on any atom is 0.101 e. The van der Waals surface area contributed by atoms with Crippen molar-refractivity contribution in [2.75, 3.05) is 13.1 Å². The molecule has 0 aliphatic carbocycles. The molecule has 0 aromatic carbocycles. The minimum Gasteiger partial charge on any atom is -0.356 e. The van der Waals surface area contributed by atoms with Gasteiger partial charge < -0.3 is 9.80 Å². The van der Waals surface area contributed by atoms with Crippen LogP contribution in [-0.2, 0) is 0 Å². The molecule has 1 aliphatic heterocycles. The Balaban J connectivity index is 2.18. The van der Waals surface area contributed by atoms with E-state index >= 15 is 0 Å². The predicted molar refractivity (Wildman–Crippen MR) is 186 cm³/mol. The summed E-state index contributed by atoms with van der Waals surface area (Å²) in [6.07, 6.45) is 49.9. The molecular formula is C39H78N2. The number of unbranched alkanes of at least 4 members (excludes halogenated alkanes) is 27. The van der Waals surface area contributed by atoms with Gasteiger partial charge in [0.05, 0.1) is 0 Å². The fourth-order valence-corrected chi connectivity index (χ4v) is 6.72. The van der Waals surface area contributed by atoms with Crippen LogP contribution >= 0.6 is 0 Å². The van der Waals surface area contributed by atoms with Gasteiger partial charge in [-0.1, -0.05) is 194 Å². The van der Waals surface area contributed by atoms with Crippen LogP contribution in [0.4, 0.5) is 0 Å². The van der Waals surface area contributed by atoms with Crippen LogP contribution in [0.2, 0.25) is 0 Å². The van der Waals surface area contributed by atoms with Crippen LogP contribution in [0.3, 0.4) is 0 Å². The van der Waals surface area contributed by atoms with Crippen molar-refractivity contribution in [3.05, 3.63) is 12.4 Å². The third-order valence-corrected chi connectivity index (χ3v) is 9.57. The van der Waals surface area contributed by atoms with Gasteiger partial charge in [-0.05, 0) is 25.7 Å². The summed E-state index contributed by atoms with van der Waals surface area (Å²) >= 11 is 0. The van der Waals surface area contributed by atoms with Crippen LogP contribution in [0.15, 0.2) is 12.4 Å². The predicted octanol–water partition coefficient (Wildman–Crippen LogP) is 13.6. The molecular weight excluding hydrogens is 496 g/mol. The van der Waals surface area contributed by atoms with Crippen LogP contribution in [0, 0.1) is 0 Å². The summed E-state index contributed by atoms with van der Waals surface area (Å²) in [4.78, 5) is 5.42. The molecule has 0 fully saturated rings.